The van der Waals surface area contributed by atoms with Crippen LogP contribution in [-0.2, 0) is 22.7 Å². The van der Waals surface area contributed by atoms with Gasteiger partial charge in [-0.1, -0.05) is 29.3 Å². The molecule has 0 aliphatic carbocycles. The number of para-hydroxylation sites is 1. The second kappa shape index (κ2) is 6.86. The number of rotatable bonds is 3. The Labute approximate surface area is 154 Å². The summed E-state index contributed by atoms with van der Waals surface area (Å²) < 4.78 is 22.6. The predicted octanol–water partition coefficient (Wildman–Crippen LogP) is 3.80. The lowest BCUT2D eigenvalue weighted by atomic mass is 10.1. The lowest BCUT2D eigenvalue weighted by Gasteiger charge is -2.30. The molecule has 2 heterocycles. The molecule has 0 saturated carbocycles. The fourth-order valence-electron chi connectivity index (χ4n) is 2.47. The van der Waals surface area contributed by atoms with Crippen LogP contribution in [0.3, 0.4) is 0 Å². The van der Waals surface area contributed by atoms with Gasteiger partial charge in [0, 0.05) is 16.9 Å². The third kappa shape index (κ3) is 3.45. The van der Waals surface area contributed by atoms with Crippen LogP contribution in [0.25, 0.3) is 5.69 Å². The van der Waals surface area contributed by atoms with Gasteiger partial charge in [-0.15, -0.1) is 4.72 Å². The molecular formula is C16H19Cl2N3O2S. The zero-order valence-corrected chi connectivity index (χ0v) is 16.0. The summed E-state index contributed by atoms with van der Waals surface area (Å²) in [5.74, 6) is 0. The van der Waals surface area contributed by atoms with Gasteiger partial charge in [0.15, 0.2) is 0 Å². The molecule has 24 heavy (non-hydrogen) atoms. The van der Waals surface area contributed by atoms with Gasteiger partial charge in [-0.2, -0.15) is 5.10 Å². The maximum absolute atomic E-state index is 12.4. The van der Waals surface area contributed by atoms with Crippen LogP contribution in [0.4, 0.5) is 0 Å². The van der Waals surface area contributed by atoms with E-state index in [0.29, 0.717) is 28.9 Å². The van der Waals surface area contributed by atoms with Crippen LogP contribution in [0, 0.1) is 0 Å². The minimum atomic E-state index is -1.21. The molecule has 0 bridgehead atoms. The first kappa shape index (κ1) is 18.0. The third-order valence-electron chi connectivity index (χ3n) is 3.75. The SMILES string of the molecule is CC(C)(C)[S+]([O-])NC1COCc2c1cnn2-c1c(Cl)cccc1Cl. The highest BCUT2D eigenvalue weighted by molar-refractivity contribution is 7.90. The summed E-state index contributed by atoms with van der Waals surface area (Å²) >= 11 is 11.4. The molecule has 1 aromatic heterocycles. The number of halogens is 2. The average Bonchev–Trinajstić information content (AvgIpc) is 2.91. The predicted molar refractivity (Wildman–Crippen MR) is 97.0 cm³/mol. The standard InChI is InChI=1S/C16H19Cl2N3O2S/c1-16(2,3)24(22)20-13-8-23-9-14-10(13)7-19-21(14)15-11(17)5-4-6-12(15)18/h4-7,13,20H,8-9H2,1-3H3. The largest absolute Gasteiger partial charge is 0.598 e. The number of aromatic nitrogens is 2. The first-order chi connectivity index (χ1) is 11.3. The molecule has 1 aliphatic rings. The summed E-state index contributed by atoms with van der Waals surface area (Å²) in [7, 11) is 0. The molecule has 1 aliphatic heterocycles. The van der Waals surface area contributed by atoms with Crippen molar-refractivity contribution in [3.63, 3.8) is 0 Å². The Morgan fingerprint density at radius 3 is 2.62 bits per heavy atom. The van der Waals surface area contributed by atoms with E-state index in [1.807, 2.05) is 20.8 Å². The molecular weight excluding hydrogens is 369 g/mol. The number of nitrogens with one attached hydrogen (secondary N) is 1. The van der Waals surface area contributed by atoms with E-state index in [9.17, 15) is 4.55 Å². The van der Waals surface area contributed by atoms with Crippen LogP contribution >= 0.6 is 23.2 Å². The van der Waals surface area contributed by atoms with E-state index >= 15 is 0 Å². The van der Waals surface area contributed by atoms with Gasteiger partial charge in [0.25, 0.3) is 0 Å². The molecule has 2 atom stereocenters. The summed E-state index contributed by atoms with van der Waals surface area (Å²) in [4.78, 5) is 0. The van der Waals surface area contributed by atoms with E-state index in [2.05, 4.69) is 9.82 Å². The smallest absolute Gasteiger partial charge is 0.136 e. The van der Waals surface area contributed by atoms with Crippen molar-refractivity contribution in [2.24, 2.45) is 0 Å². The van der Waals surface area contributed by atoms with Crippen LogP contribution in [0.1, 0.15) is 38.1 Å². The van der Waals surface area contributed by atoms with E-state index in [4.69, 9.17) is 27.9 Å². The van der Waals surface area contributed by atoms with Gasteiger partial charge in [-0.3, -0.25) is 0 Å². The van der Waals surface area contributed by atoms with Gasteiger partial charge in [0.1, 0.15) is 16.5 Å². The quantitative estimate of drug-likeness (QED) is 0.813. The van der Waals surface area contributed by atoms with E-state index < -0.39 is 11.4 Å². The van der Waals surface area contributed by atoms with Crippen LogP contribution in [0.15, 0.2) is 24.4 Å². The second-order valence-electron chi connectivity index (χ2n) is 6.60. The molecule has 0 spiro atoms. The maximum Gasteiger partial charge on any atom is 0.136 e. The van der Waals surface area contributed by atoms with Gasteiger partial charge < -0.3 is 9.29 Å². The van der Waals surface area contributed by atoms with Crippen molar-refractivity contribution in [3.05, 3.63) is 45.7 Å². The highest BCUT2D eigenvalue weighted by Gasteiger charge is 2.34. The topological polar surface area (TPSA) is 62.1 Å². The number of benzene rings is 1. The monoisotopic (exact) mass is 387 g/mol. The van der Waals surface area contributed by atoms with Crippen molar-refractivity contribution in [2.75, 3.05) is 6.61 Å². The van der Waals surface area contributed by atoms with E-state index in [0.717, 1.165) is 11.3 Å². The summed E-state index contributed by atoms with van der Waals surface area (Å²) in [6, 6.07) is 5.14. The summed E-state index contributed by atoms with van der Waals surface area (Å²) in [5.41, 5.74) is 2.44. The molecule has 1 N–H and O–H groups in total. The van der Waals surface area contributed by atoms with Crippen LogP contribution < -0.4 is 4.72 Å². The van der Waals surface area contributed by atoms with Crippen LogP contribution in [0.5, 0.6) is 0 Å². The molecule has 0 radical (unpaired) electrons. The lowest BCUT2D eigenvalue weighted by molar-refractivity contribution is 0.0843. The molecule has 2 aromatic rings. The molecule has 0 saturated heterocycles. The third-order valence-corrected chi connectivity index (χ3v) is 5.98. The summed E-state index contributed by atoms with van der Waals surface area (Å²) in [5, 5.41) is 5.47. The maximum atomic E-state index is 12.4. The Bertz CT molecular complexity index is 725. The zero-order valence-electron chi connectivity index (χ0n) is 13.7. The van der Waals surface area contributed by atoms with Crippen LogP contribution in [-0.4, -0.2) is 25.7 Å². The van der Waals surface area contributed by atoms with Gasteiger partial charge in [-0.05, 0) is 32.9 Å². The molecule has 2 unspecified atom stereocenters. The van der Waals surface area contributed by atoms with Crippen LogP contribution in [0.2, 0.25) is 10.0 Å². The van der Waals surface area contributed by atoms with Crippen molar-refractivity contribution >= 4 is 34.6 Å². The molecule has 0 fully saturated rings. The average molecular weight is 388 g/mol. The fourth-order valence-corrected chi connectivity index (χ4v) is 3.84. The lowest BCUT2D eigenvalue weighted by Crippen LogP contribution is -2.43. The Hall–Kier alpha value is -0.760. The summed E-state index contributed by atoms with van der Waals surface area (Å²) in [6.45, 7) is 6.61. The molecule has 3 rings (SSSR count). The van der Waals surface area contributed by atoms with Crippen molar-refractivity contribution < 1.29 is 9.29 Å². The molecule has 5 nitrogen and oxygen atoms in total. The number of hydrogen-bond acceptors (Lipinski definition) is 4. The molecule has 8 heteroatoms. The Balaban J connectivity index is 1.96. The zero-order chi connectivity index (χ0) is 17.5. The minimum absolute atomic E-state index is 0.191. The summed E-state index contributed by atoms with van der Waals surface area (Å²) in [6.07, 6.45) is 1.76. The molecule has 130 valence electrons. The Morgan fingerprint density at radius 2 is 2.00 bits per heavy atom. The normalized spacial score (nSPS) is 19.2. The first-order valence-corrected chi connectivity index (χ1v) is 9.46. The van der Waals surface area contributed by atoms with Gasteiger partial charge in [-0.25, -0.2) is 4.68 Å². The van der Waals surface area contributed by atoms with Gasteiger partial charge >= 0.3 is 0 Å². The highest BCUT2D eigenvalue weighted by Crippen LogP contribution is 2.33. The van der Waals surface area contributed by atoms with Crippen molar-refractivity contribution in [2.45, 2.75) is 38.2 Å². The Kier molecular flexibility index (Phi) is 5.16. The van der Waals surface area contributed by atoms with E-state index in [1.54, 1.807) is 29.1 Å². The highest BCUT2D eigenvalue weighted by atomic mass is 35.5. The second-order valence-corrected chi connectivity index (χ2v) is 9.41. The number of hydrogen-bond donors (Lipinski definition) is 1. The van der Waals surface area contributed by atoms with Gasteiger partial charge in [0.05, 0.1) is 35.1 Å². The number of fused-ring (bicyclic) bond motifs is 1. The first-order valence-electron chi connectivity index (χ1n) is 7.56. The van der Waals surface area contributed by atoms with E-state index in [1.165, 1.54) is 0 Å². The molecule has 0 amide bonds. The fraction of sp³-hybridized carbons (Fsp3) is 0.438. The molecule has 1 aromatic carbocycles. The number of nitrogens with zero attached hydrogens (tertiary/aromatic N) is 2. The minimum Gasteiger partial charge on any atom is -0.598 e. The Morgan fingerprint density at radius 1 is 1.33 bits per heavy atom. The van der Waals surface area contributed by atoms with Gasteiger partial charge in [0.2, 0.25) is 0 Å². The number of ether oxygens (including phenoxy) is 1. The van der Waals surface area contributed by atoms with Crippen molar-refractivity contribution in [3.8, 4) is 5.69 Å². The van der Waals surface area contributed by atoms with Crippen molar-refractivity contribution in [1.29, 1.82) is 0 Å². The van der Waals surface area contributed by atoms with E-state index in [-0.39, 0.29) is 10.8 Å². The van der Waals surface area contributed by atoms with Crippen molar-refractivity contribution in [1.82, 2.24) is 14.5 Å².